The standard InChI is InChI=1S/C19H22BrN3O3/c1-22(2)15-7-4-13(5-8-15)11-23(3)18(24)12-26-19(25)16-10-14(20)6-9-17(16)21/h4-10H,11-12,21H2,1-3H3. The molecule has 0 bridgehead atoms. The predicted molar refractivity (Wildman–Crippen MR) is 106 cm³/mol. The van der Waals surface area contributed by atoms with Crippen molar-refractivity contribution >= 4 is 39.2 Å². The Bertz CT molecular complexity index is 791. The molecule has 26 heavy (non-hydrogen) atoms. The maximum Gasteiger partial charge on any atom is 0.340 e. The first-order chi connectivity index (χ1) is 12.3. The molecule has 0 atom stereocenters. The summed E-state index contributed by atoms with van der Waals surface area (Å²) in [6.45, 7) is 0.0974. The van der Waals surface area contributed by atoms with E-state index in [0.29, 0.717) is 16.7 Å². The number of nitrogens with zero attached hydrogens (tertiary/aromatic N) is 2. The Morgan fingerprint density at radius 2 is 1.73 bits per heavy atom. The third-order valence-electron chi connectivity index (χ3n) is 3.86. The third-order valence-corrected chi connectivity index (χ3v) is 4.35. The number of halogens is 1. The van der Waals surface area contributed by atoms with Gasteiger partial charge in [0.1, 0.15) is 0 Å². The van der Waals surface area contributed by atoms with E-state index < -0.39 is 5.97 Å². The van der Waals surface area contributed by atoms with Crippen LogP contribution in [0.2, 0.25) is 0 Å². The molecule has 138 valence electrons. The number of esters is 1. The van der Waals surface area contributed by atoms with Crippen LogP contribution in [-0.2, 0) is 16.1 Å². The average Bonchev–Trinajstić information content (AvgIpc) is 2.61. The lowest BCUT2D eigenvalue weighted by molar-refractivity contribution is -0.133. The third kappa shape index (κ3) is 5.23. The number of amides is 1. The second-order valence-electron chi connectivity index (χ2n) is 6.12. The van der Waals surface area contributed by atoms with Gasteiger partial charge in [-0.2, -0.15) is 0 Å². The quantitative estimate of drug-likeness (QED) is 0.575. The summed E-state index contributed by atoms with van der Waals surface area (Å²) in [5.74, 6) is -0.913. The number of nitrogen functional groups attached to an aromatic ring is 1. The Hall–Kier alpha value is -2.54. The minimum Gasteiger partial charge on any atom is -0.452 e. The molecule has 2 aromatic rings. The summed E-state index contributed by atoms with van der Waals surface area (Å²) in [5, 5.41) is 0. The number of carbonyl (C=O) groups is 2. The fraction of sp³-hybridized carbons (Fsp3) is 0.263. The molecular weight excluding hydrogens is 398 g/mol. The normalized spacial score (nSPS) is 10.3. The molecule has 0 aromatic heterocycles. The SMILES string of the molecule is CN(Cc1ccc(N(C)C)cc1)C(=O)COC(=O)c1cc(Br)ccc1N. The predicted octanol–water partition coefficient (Wildman–Crippen LogP) is 2.91. The van der Waals surface area contributed by atoms with E-state index in [0.717, 1.165) is 11.3 Å². The van der Waals surface area contributed by atoms with Crippen molar-refractivity contribution in [2.24, 2.45) is 0 Å². The highest BCUT2D eigenvalue weighted by Crippen LogP contribution is 2.19. The van der Waals surface area contributed by atoms with Crippen molar-refractivity contribution in [2.75, 3.05) is 38.4 Å². The van der Waals surface area contributed by atoms with Gasteiger partial charge in [0, 0.05) is 43.5 Å². The minimum absolute atomic E-state index is 0.231. The second-order valence-corrected chi connectivity index (χ2v) is 7.03. The zero-order valence-corrected chi connectivity index (χ0v) is 16.6. The van der Waals surface area contributed by atoms with E-state index in [4.69, 9.17) is 10.5 Å². The molecule has 6 nitrogen and oxygen atoms in total. The molecule has 0 fully saturated rings. The van der Waals surface area contributed by atoms with Gasteiger partial charge in [-0.3, -0.25) is 4.79 Å². The van der Waals surface area contributed by atoms with Crippen LogP contribution in [0.5, 0.6) is 0 Å². The van der Waals surface area contributed by atoms with Crippen molar-refractivity contribution in [3.8, 4) is 0 Å². The van der Waals surface area contributed by atoms with Crippen molar-refractivity contribution in [1.29, 1.82) is 0 Å². The van der Waals surface area contributed by atoms with Crippen LogP contribution in [-0.4, -0.2) is 44.5 Å². The number of carbonyl (C=O) groups excluding carboxylic acids is 2. The van der Waals surface area contributed by atoms with Crippen molar-refractivity contribution in [1.82, 2.24) is 4.90 Å². The van der Waals surface area contributed by atoms with E-state index in [-0.39, 0.29) is 18.1 Å². The van der Waals surface area contributed by atoms with Crippen LogP contribution in [0, 0.1) is 0 Å². The first-order valence-electron chi connectivity index (χ1n) is 8.00. The van der Waals surface area contributed by atoms with Crippen LogP contribution in [0.25, 0.3) is 0 Å². The molecule has 0 aliphatic carbocycles. The summed E-state index contributed by atoms with van der Waals surface area (Å²) in [6.07, 6.45) is 0. The van der Waals surface area contributed by atoms with Crippen molar-refractivity contribution < 1.29 is 14.3 Å². The van der Waals surface area contributed by atoms with Gasteiger partial charge in [0.25, 0.3) is 5.91 Å². The first kappa shape index (κ1) is 19.8. The van der Waals surface area contributed by atoms with E-state index in [1.807, 2.05) is 43.3 Å². The number of nitrogens with two attached hydrogens (primary N) is 1. The molecule has 0 aliphatic heterocycles. The average molecular weight is 420 g/mol. The number of anilines is 2. The maximum atomic E-state index is 12.2. The van der Waals surface area contributed by atoms with Gasteiger partial charge in [-0.25, -0.2) is 4.79 Å². The van der Waals surface area contributed by atoms with E-state index in [2.05, 4.69) is 15.9 Å². The van der Waals surface area contributed by atoms with E-state index in [1.54, 1.807) is 25.2 Å². The van der Waals surface area contributed by atoms with E-state index in [1.165, 1.54) is 4.90 Å². The van der Waals surface area contributed by atoms with Crippen LogP contribution in [0.1, 0.15) is 15.9 Å². The molecule has 2 rings (SSSR count). The molecule has 0 unspecified atom stereocenters. The number of ether oxygens (including phenoxy) is 1. The van der Waals surface area contributed by atoms with Crippen molar-refractivity contribution in [3.05, 3.63) is 58.1 Å². The summed E-state index contributed by atoms with van der Waals surface area (Å²) in [5.41, 5.74) is 8.39. The lowest BCUT2D eigenvalue weighted by Crippen LogP contribution is -2.31. The van der Waals surface area contributed by atoms with E-state index >= 15 is 0 Å². The lowest BCUT2D eigenvalue weighted by Gasteiger charge is -2.18. The van der Waals surface area contributed by atoms with Crippen molar-refractivity contribution in [3.63, 3.8) is 0 Å². The second kappa shape index (κ2) is 8.71. The number of rotatable bonds is 6. The minimum atomic E-state index is -0.624. The number of benzene rings is 2. The molecule has 7 heteroatoms. The fourth-order valence-corrected chi connectivity index (χ4v) is 2.64. The fourth-order valence-electron chi connectivity index (χ4n) is 2.28. The summed E-state index contributed by atoms with van der Waals surface area (Å²) < 4.78 is 5.81. The van der Waals surface area contributed by atoms with Gasteiger partial charge in [-0.15, -0.1) is 0 Å². The Morgan fingerprint density at radius 1 is 1.08 bits per heavy atom. The molecule has 2 aromatic carbocycles. The Labute approximate surface area is 161 Å². The molecule has 0 spiro atoms. The zero-order valence-electron chi connectivity index (χ0n) is 15.0. The molecule has 0 saturated heterocycles. The van der Waals surface area contributed by atoms with Crippen LogP contribution >= 0.6 is 15.9 Å². The summed E-state index contributed by atoms with van der Waals surface area (Å²) in [7, 11) is 5.61. The molecule has 0 radical (unpaired) electrons. The van der Waals surface area contributed by atoms with Crippen LogP contribution in [0.3, 0.4) is 0 Å². The Kier molecular flexibility index (Phi) is 6.63. The Morgan fingerprint density at radius 3 is 2.35 bits per heavy atom. The summed E-state index contributed by atoms with van der Waals surface area (Å²) >= 11 is 3.28. The van der Waals surface area contributed by atoms with E-state index in [9.17, 15) is 9.59 Å². The molecular formula is C19H22BrN3O3. The molecule has 0 saturated carbocycles. The summed E-state index contributed by atoms with van der Waals surface area (Å²) in [4.78, 5) is 27.8. The number of hydrogen-bond acceptors (Lipinski definition) is 5. The van der Waals surface area contributed by atoms with Crippen LogP contribution in [0.4, 0.5) is 11.4 Å². The van der Waals surface area contributed by atoms with Gasteiger partial charge in [-0.05, 0) is 35.9 Å². The Balaban J connectivity index is 1.90. The zero-order chi connectivity index (χ0) is 19.3. The topological polar surface area (TPSA) is 75.9 Å². The highest BCUT2D eigenvalue weighted by Gasteiger charge is 2.16. The first-order valence-corrected chi connectivity index (χ1v) is 8.79. The highest BCUT2D eigenvalue weighted by atomic mass is 79.9. The molecule has 0 aliphatic rings. The van der Waals surface area contributed by atoms with Gasteiger partial charge in [0.15, 0.2) is 6.61 Å². The largest absolute Gasteiger partial charge is 0.452 e. The van der Waals surface area contributed by atoms with Crippen LogP contribution in [0.15, 0.2) is 46.9 Å². The number of likely N-dealkylation sites (N-methyl/N-ethyl adjacent to an activating group) is 1. The molecule has 0 heterocycles. The van der Waals surface area contributed by atoms with Gasteiger partial charge in [-0.1, -0.05) is 28.1 Å². The maximum absolute atomic E-state index is 12.2. The monoisotopic (exact) mass is 419 g/mol. The smallest absolute Gasteiger partial charge is 0.340 e. The van der Waals surface area contributed by atoms with Gasteiger partial charge in [0.2, 0.25) is 0 Å². The molecule has 2 N–H and O–H groups in total. The van der Waals surface area contributed by atoms with Gasteiger partial charge in [0.05, 0.1) is 5.56 Å². The highest BCUT2D eigenvalue weighted by molar-refractivity contribution is 9.10. The summed E-state index contributed by atoms with van der Waals surface area (Å²) in [6, 6.07) is 12.8. The lowest BCUT2D eigenvalue weighted by atomic mass is 10.2. The van der Waals surface area contributed by atoms with Crippen molar-refractivity contribution in [2.45, 2.75) is 6.54 Å². The number of hydrogen-bond donors (Lipinski definition) is 1. The van der Waals surface area contributed by atoms with Gasteiger partial charge >= 0.3 is 5.97 Å². The van der Waals surface area contributed by atoms with Crippen LogP contribution < -0.4 is 10.6 Å². The van der Waals surface area contributed by atoms with Gasteiger partial charge < -0.3 is 20.3 Å². The molecule has 1 amide bonds.